The SMILES string of the molecule is CCCCCO[P@](C)(=S)OC[C@@H]1CCCN2CCCC[C@H]12. The van der Waals surface area contributed by atoms with Gasteiger partial charge in [-0.15, -0.1) is 0 Å². The lowest BCUT2D eigenvalue weighted by atomic mass is 9.84. The highest BCUT2D eigenvalue weighted by Gasteiger charge is 2.33. The van der Waals surface area contributed by atoms with Gasteiger partial charge in [-0.1, -0.05) is 26.2 Å². The van der Waals surface area contributed by atoms with Crippen LogP contribution in [-0.4, -0.2) is 43.9 Å². The molecule has 0 aromatic heterocycles. The summed E-state index contributed by atoms with van der Waals surface area (Å²) >= 11 is 5.56. The first kappa shape index (κ1) is 17.9. The van der Waals surface area contributed by atoms with Crippen LogP contribution in [0.4, 0.5) is 0 Å². The fourth-order valence-electron chi connectivity index (χ4n) is 3.62. The van der Waals surface area contributed by atoms with Crippen molar-refractivity contribution in [3.63, 3.8) is 0 Å². The molecule has 124 valence electrons. The Labute approximate surface area is 135 Å². The summed E-state index contributed by atoms with van der Waals surface area (Å²) in [5, 5.41) is 0. The molecular formula is C16H32NO2PS. The van der Waals surface area contributed by atoms with Crippen molar-refractivity contribution in [2.45, 2.75) is 64.3 Å². The quantitative estimate of drug-likeness (QED) is 0.484. The van der Waals surface area contributed by atoms with Crippen molar-refractivity contribution < 1.29 is 9.05 Å². The van der Waals surface area contributed by atoms with Gasteiger partial charge in [-0.25, -0.2) is 0 Å². The lowest BCUT2D eigenvalue weighted by Gasteiger charge is -2.44. The van der Waals surface area contributed by atoms with Crippen molar-refractivity contribution in [3.8, 4) is 0 Å². The zero-order chi connectivity index (χ0) is 15.1. The second-order valence-corrected chi connectivity index (χ2v) is 10.7. The standard InChI is InChI=1S/C16H32NO2PS/c1-3-4-7-13-18-20(2,21)19-14-15-9-8-12-17-11-6-5-10-16(15)17/h15-16H,3-14H2,1-2H3/t15-,16+,20-/m0/s1. The molecular weight excluding hydrogens is 301 g/mol. The highest BCUT2D eigenvalue weighted by atomic mass is 32.5. The average molecular weight is 333 g/mol. The highest BCUT2D eigenvalue weighted by Crippen LogP contribution is 2.46. The predicted molar refractivity (Wildman–Crippen MR) is 93.6 cm³/mol. The van der Waals surface area contributed by atoms with Crippen molar-refractivity contribution in [2.24, 2.45) is 5.92 Å². The second-order valence-electron chi connectivity index (χ2n) is 6.61. The first-order chi connectivity index (χ1) is 10.1. The molecule has 2 fully saturated rings. The molecule has 21 heavy (non-hydrogen) atoms. The maximum absolute atomic E-state index is 6.08. The Bertz CT molecular complexity index is 351. The summed E-state index contributed by atoms with van der Waals surface area (Å²) < 4.78 is 11.9. The van der Waals surface area contributed by atoms with E-state index in [1.165, 1.54) is 58.0 Å². The van der Waals surface area contributed by atoms with E-state index in [-0.39, 0.29) is 0 Å². The molecule has 0 amide bonds. The molecule has 0 N–H and O–H groups in total. The molecule has 2 aliphatic heterocycles. The maximum Gasteiger partial charge on any atom is 0.185 e. The van der Waals surface area contributed by atoms with Gasteiger partial charge in [0, 0.05) is 12.7 Å². The van der Waals surface area contributed by atoms with Gasteiger partial charge >= 0.3 is 0 Å². The van der Waals surface area contributed by atoms with Gasteiger partial charge in [-0.05, 0) is 62.9 Å². The fourth-order valence-corrected chi connectivity index (χ4v) is 5.03. The highest BCUT2D eigenvalue weighted by molar-refractivity contribution is 8.09. The van der Waals surface area contributed by atoms with Gasteiger partial charge in [-0.2, -0.15) is 0 Å². The number of unbranched alkanes of at least 4 members (excludes halogenated alkanes) is 2. The number of fused-ring (bicyclic) bond motifs is 1. The summed E-state index contributed by atoms with van der Waals surface area (Å²) in [6.45, 7) is 6.32. The number of hydrogen-bond acceptors (Lipinski definition) is 4. The van der Waals surface area contributed by atoms with Gasteiger partial charge in [0.15, 0.2) is 6.49 Å². The molecule has 0 aliphatic carbocycles. The van der Waals surface area contributed by atoms with Crippen LogP contribution in [0.15, 0.2) is 0 Å². The number of rotatable bonds is 8. The molecule has 0 bridgehead atoms. The zero-order valence-corrected chi connectivity index (χ0v) is 15.5. The van der Waals surface area contributed by atoms with Gasteiger partial charge in [-0.3, -0.25) is 0 Å². The third kappa shape index (κ3) is 5.91. The molecule has 2 saturated heterocycles. The smallest absolute Gasteiger partial charge is 0.185 e. The monoisotopic (exact) mass is 333 g/mol. The van der Waals surface area contributed by atoms with Gasteiger partial charge < -0.3 is 13.9 Å². The Hall–Kier alpha value is 0.530. The van der Waals surface area contributed by atoms with Crippen LogP contribution in [0.25, 0.3) is 0 Å². The maximum atomic E-state index is 6.08. The number of hydrogen-bond donors (Lipinski definition) is 0. The van der Waals surface area contributed by atoms with Crippen molar-refractivity contribution >= 4 is 18.3 Å². The van der Waals surface area contributed by atoms with Gasteiger partial charge in [0.05, 0.1) is 13.2 Å². The van der Waals surface area contributed by atoms with Crippen molar-refractivity contribution in [1.29, 1.82) is 0 Å². The topological polar surface area (TPSA) is 21.7 Å². The minimum Gasteiger partial charge on any atom is -0.329 e. The van der Waals surface area contributed by atoms with E-state index in [4.69, 9.17) is 20.9 Å². The van der Waals surface area contributed by atoms with E-state index in [1.807, 2.05) is 6.66 Å². The fraction of sp³-hybridized carbons (Fsp3) is 1.00. The average Bonchev–Trinajstić information content (AvgIpc) is 2.50. The molecule has 0 aromatic carbocycles. The van der Waals surface area contributed by atoms with Crippen LogP contribution in [0.2, 0.25) is 0 Å². The van der Waals surface area contributed by atoms with Crippen LogP contribution in [0.5, 0.6) is 0 Å². The lowest BCUT2D eigenvalue weighted by molar-refractivity contribution is 0.0358. The van der Waals surface area contributed by atoms with E-state index in [0.717, 1.165) is 25.7 Å². The van der Waals surface area contributed by atoms with Crippen LogP contribution < -0.4 is 0 Å². The third-order valence-corrected chi connectivity index (χ3v) is 6.73. The zero-order valence-electron chi connectivity index (χ0n) is 13.8. The van der Waals surface area contributed by atoms with Crippen molar-refractivity contribution in [3.05, 3.63) is 0 Å². The molecule has 2 aliphatic rings. The predicted octanol–water partition coefficient (Wildman–Crippen LogP) is 4.41. The van der Waals surface area contributed by atoms with E-state index >= 15 is 0 Å². The summed E-state index contributed by atoms with van der Waals surface area (Å²) in [4.78, 5) is 2.68. The second kappa shape index (κ2) is 8.98. The van der Waals surface area contributed by atoms with E-state index in [0.29, 0.717) is 5.92 Å². The normalized spacial score (nSPS) is 29.8. The molecule has 0 saturated carbocycles. The summed E-state index contributed by atoms with van der Waals surface area (Å²) in [7, 11) is 0. The van der Waals surface area contributed by atoms with E-state index in [2.05, 4.69) is 11.8 Å². The number of nitrogens with zero attached hydrogens (tertiary/aromatic N) is 1. The molecule has 0 radical (unpaired) electrons. The van der Waals surface area contributed by atoms with Crippen LogP contribution in [0, 0.1) is 5.92 Å². The summed E-state index contributed by atoms with van der Waals surface area (Å²) in [5.74, 6) is 0.667. The Morgan fingerprint density at radius 2 is 1.90 bits per heavy atom. The van der Waals surface area contributed by atoms with Gasteiger partial charge in [0.25, 0.3) is 0 Å². The molecule has 5 heteroatoms. The summed E-state index contributed by atoms with van der Waals surface area (Å²) in [6.07, 6.45) is 10.2. The first-order valence-electron chi connectivity index (χ1n) is 8.73. The Kier molecular flexibility index (Phi) is 7.64. The molecule has 2 rings (SSSR count). The Morgan fingerprint density at radius 3 is 2.71 bits per heavy atom. The van der Waals surface area contributed by atoms with Crippen LogP contribution in [-0.2, 0) is 20.9 Å². The summed E-state index contributed by atoms with van der Waals surface area (Å²) in [5.41, 5.74) is 0. The van der Waals surface area contributed by atoms with Crippen LogP contribution in [0.1, 0.15) is 58.3 Å². The van der Waals surface area contributed by atoms with Crippen LogP contribution in [0.3, 0.4) is 0 Å². The van der Waals surface area contributed by atoms with Crippen molar-refractivity contribution in [2.75, 3.05) is 33.0 Å². The van der Waals surface area contributed by atoms with Gasteiger partial charge in [0.2, 0.25) is 0 Å². The minimum atomic E-state index is -2.03. The van der Waals surface area contributed by atoms with Gasteiger partial charge in [0.1, 0.15) is 0 Å². The van der Waals surface area contributed by atoms with Crippen molar-refractivity contribution in [1.82, 2.24) is 4.90 Å². The lowest BCUT2D eigenvalue weighted by Crippen LogP contribution is -2.49. The number of piperidine rings is 2. The van der Waals surface area contributed by atoms with Crippen LogP contribution >= 0.6 is 6.49 Å². The molecule has 3 nitrogen and oxygen atoms in total. The largest absolute Gasteiger partial charge is 0.329 e. The third-order valence-electron chi connectivity index (χ3n) is 4.83. The first-order valence-corrected chi connectivity index (χ1v) is 11.8. The van der Waals surface area contributed by atoms with E-state index in [9.17, 15) is 0 Å². The molecule has 2 heterocycles. The molecule has 0 unspecified atom stereocenters. The Morgan fingerprint density at radius 1 is 1.10 bits per heavy atom. The molecule has 0 spiro atoms. The van der Waals surface area contributed by atoms with E-state index in [1.54, 1.807) is 0 Å². The molecule has 0 aromatic rings. The molecule has 3 atom stereocenters. The Balaban J connectivity index is 1.74. The van der Waals surface area contributed by atoms with E-state index < -0.39 is 6.49 Å². The summed E-state index contributed by atoms with van der Waals surface area (Å²) in [6, 6.07) is 0.739. The minimum absolute atomic E-state index is 0.667.